The molecule has 0 aliphatic carbocycles. The van der Waals surface area contributed by atoms with Gasteiger partial charge in [0, 0.05) is 19.4 Å². The fraction of sp³-hybridized carbons (Fsp3) is 0.692. The average Bonchev–Trinajstić information content (AvgIpc) is 2.65. The van der Waals surface area contributed by atoms with Crippen LogP contribution in [0.3, 0.4) is 0 Å². The van der Waals surface area contributed by atoms with E-state index in [2.05, 4.69) is 4.98 Å². The monoisotopic (exact) mass is 284 g/mol. The molecule has 1 saturated heterocycles. The van der Waals surface area contributed by atoms with Crippen molar-refractivity contribution in [1.29, 1.82) is 0 Å². The summed E-state index contributed by atoms with van der Waals surface area (Å²) in [7, 11) is 1.46. The first-order chi connectivity index (χ1) is 9.43. The van der Waals surface area contributed by atoms with Crippen LogP contribution in [0.1, 0.15) is 26.5 Å². The van der Waals surface area contributed by atoms with Gasteiger partial charge in [-0.25, -0.2) is 4.79 Å². The smallest absolute Gasteiger partial charge is 0.330 e. The van der Waals surface area contributed by atoms with Crippen molar-refractivity contribution in [1.82, 2.24) is 9.55 Å². The third-order valence-electron chi connectivity index (χ3n) is 3.41. The molecule has 1 aromatic heterocycles. The van der Waals surface area contributed by atoms with Crippen LogP contribution < -0.4 is 11.2 Å². The molecule has 2 N–H and O–H groups in total. The molecule has 0 bridgehead atoms. The van der Waals surface area contributed by atoms with Crippen LogP contribution in [-0.4, -0.2) is 40.1 Å². The molecule has 0 radical (unpaired) electrons. The second-order valence-corrected chi connectivity index (χ2v) is 5.40. The largest absolute Gasteiger partial charge is 0.388 e. The van der Waals surface area contributed by atoms with E-state index in [4.69, 9.17) is 9.47 Å². The molecule has 20 heavy (non-hydrogen) atoms. The molecule has 1 unspecified atom stereocenters. The summed E-state index contributed by atoms with van der Waals surface area (Å²) in [4.78, 5) is 25.1. The van der Waals surface area contributed by atoms with Gasteiger partial charge in [-0.2, -0.15) is 0 Å². The number of hydrogen-bond donors (Lipinski definition) is 2. The molecule has 0 saturated carbocycles. The van der Waals surface area contributed by atoms with Gasteiger partial charge in [-0.15, -0.1) is 0 Å². The minimum absolute atomic E-state index is 0.346. The highest BCUT2D eigenvalue weighted by Gasteiger charge is 2.45. The van der Waals surface area contributed by atoms with Crippen molar-refractivity contribution < 1.29 is 14.6 Å². The molecule has 0 amide bonds. The van der Waals surface area contributed by atoms with E-state index in [1.807, 2.05) is 13.8 Å². The van der Waals surface area contributed by atoms with Gasteiger partial charge in [0.2, 0.25) is 0 Å². The molecule has 2 heterocycles. The van der Waals surface area contributed by atoms with Crippen molar-refractivity contribution >= 4 is 0 Å². The van der Waals surface area contributed by atoms with E-state index in [1.54, 1.807) is 0 Å². The summed E-state index contributed by atoms with van der Waals surface area (Å²) in [6.07, 6.45) is -0.599. The van der Waals surface area contributed by atoms with Crippen molar-refractivity contribution in [3.63, 3.8) is 0 Å². The van der Waals surface area contributed by atoms with Gasteiger partial charge >= 0.3 is 5.69 Å². The Bertz CT molecular complexity index is 564. The first-order valence-electron chi connectivity index (χ1n) is 6.62. The number of nitrogens with zero attached hydrogens (tertiary/aromatic N) is 1. The topological polar surface area (TPSA) is 93.5 Å². The maximum absolute atomic E-state index is 11.8. The van der Waals surface area contributed by atoms with E-state index in [0.29, 0.717) is 12.3 Å². The van der Waals surface area contributed by atoms with Crippen LogP contribution in [-0.2, 0) is 9.47 Å². The zero-order chi connectivity index (χ0) is 14.9. The second kappa shape index (κ2) is 5.90. The van der Waals surface area contributed by atoms with Crippen LogP contribution in [0, 0.1) is 5.92 Å². The maximum Gasteiger partial charge on any atom is 0.330 e. The summed E-state index contributed by atoms with van der Waals surface area (Å²) in [5, 5.41) is 10.2. The Morgan fingerprint density at radius 2 is 2.20 bits per heavy atom. The molecule has 2 rings (SSSR count). The molecule has 112 valence electrons. The quantitative estimate of drug-likeness (QED) is 0.802. The van der Waals surface area contributed by atoms with Gasteiger partial charge in [0.25, 0.3) is 5.56 Å². The SMILES string of the molecule is CO[C@H]1C(O)[C@@H](CC(C)C)O[C@H]1n1ccc(=O)[nH]c1=O. The minimum Gasteiger partial charge on any atom is -0.388 e. The summed E-state index contributed by atoms with van der Waals surface area (Å²) in [5.74, 6) is 0.346. The van der Waals surface area contributed by atoms with Crippen LogP contribution in [0.25, 0.3) is 0 Å². The second-order valence-electron chi connectivity index (χ2n) is 5.40. The van der Waals surface area contributed by atoms with Crippen LogP contribution >= 0.6 is 0 Å². The molecule has 1 aliphatic heterocycles. The zero-order valence-corrected chi connectivity index (χ0v) is 11.8. The van der Waals surface area contributed by atoms with Crippen molar-refractivity contribution in [3.8, 4) is 0 Å². The Kier molecular flexibility index (Phi) is 4.42. The van der Waals surface area contributed by atoms with E-state index in [0.717, 1.165) is 0 Å². The Morgan fingerprint density at radius 1 is 1.50 bits per heavy atom. The van der Waals surface area contributed by atoms with Gasteiger partial charge < -0.3 is 14.6 Å². The lowest BCUT2D eigenvalue weighted by molar-refractivity contribution is -0.0564. The molecule has 1 aromatic rings. The molecule has 1 fully saturated rings. The summed E-state index contributed by atoms with van der Waals surface area (Å²) in [6, 6.07) is 1.24. The maximum atomic E-state index is 11.8. The molecular weight excluding hydrogens is 264 g/mol. The minimum atomic E-state index is -0.814. The average molecular weight is 284 g/mol. The van der Waals surface area contributed by atoms with Crippen molar-refractivity contribution in [3.05, 3.63) is 33.1 Å². The summed E-state index contributed by atoms with van der Waals surface area (Å²) in [6.45, 7) is 4.05. The van der Waals surface area contributed by atoms with Gasteiger partial charge in [0.1, 0.15) is 12.2 Å². The lowest BCUT2D eigenvalue weighted by Gasteiger charge is -2.20. The number of aliphatic hydroxyl groups excluding tert-OH is 1. The van der Waals surface area contributed by atoms with Gasteiger partial charge in [0.05, 0.1) is 6.10 Å². The molecule has 1 aliphatic rings. The Morgan fingerprint density at radius 3 is 2.75 bits per heavy atom. The predicted molar refractivity (Wildman–Crippen MR) is 71.5 cm³/mol. The molecule has 0 aromatic carbocycles. The fourth-order valence-electron chi connectivity index (χ4n) is 2.48. The number of H-pyrrole nitrogens is 1. The van der Waals surface area contributed by atoms with Crippen molar-refractivity contribution in [2.75, 3.05) is 7.11 Å². The van der Waals surface area contributed by atoms with E-state index in [-0.39, 0.29) is 0 Å². The molecule has 7 heteroatoms. The normalized spacial score (nSPS) is 30.1. The van der Waals surface area contributed by atoms with Crippen LogP contribution in [0.15, 0.2) is 21.9 Å². The number of aromatic amines is 1. The molecular formula is C13H20N2O5. The number of rotatable bonds is 4. The first-order valence-corrected chi connectivity index (χ1v) is 6.62. The number of aliphatic hydroxyl groups is 1. The van der Waals surface area contributed by atoms with Crippen LogP contribution in [0.2, 0.25) is 0 Å². The Labute approximate surface area is 116 Å². The highest BCUT2D eigenvalue weighted by Crippen LogP contribution is 2.33. The standard InChI is InChI=1S/C13H20N2O5/c1-7(2)6-8-10(17)11(19-3)12(20-8)15-5-4-9(16)14-13(15)18/h4-5,7-8,10-12,17H,6H2,1-3H3,(H,14,16,18)/t8-,10?,11+,12-/m1/s1. The first kappa shape index (κ1) is 15.0. The highest BCUT2D eigenvalue weighted by atomic mass is 16.6. The van der Waals surface area contributed by atoms with Gasteiger partial charge in [-0.05, 0) is 12.3 Å². The zero-order valence-electron chi connectivity index (χ0n) is 11.8. The molecule has 4 atom stereocenters. The fourth-order valence-corrected chi connectivity index (χ4v) is 2.48. The van der Waals surface area contributed by atoms with Gasteiger partial charge in [-0.1, -0.05) is 13.8 Å². The molecule has 0 spiro atoms. The van der Waals surface area contributed by atoms with E-state index >= 15 is 0 Å². The molecule has 7 nitrogen and oxygen atoms in total. The Balaban J connectivity index is 2.30. The van der Waals surface area contributed by atoms with Crippen LogP contribution in [0.5, 0.6) is 0 Å². The van der Waals surface area contributed by atoms with E-state index in [9.17, 15) is 14.7 Å². The van der Waals surface area contributed by atoms with Gasteiger partial charge in [0.15, 0.2) is 6.23 Å². The third kappa shape index (κ3) is 2.84. The highest BCUT2D eigenvalue weighted by molar-refractivity contribution is 4.94. The predicted octanol–water partition coefficient (Wildman–Crippen LogP) is -0.144. The van der Waals surface area contributed by atoms with Crippen molar-refractivity contribution in [2.45, 2.75) is 44.8 Å². The summed E-state index contributed by atoms with van der Waals surface area (Å²) < 4.78 is 12.3. The number of methoxy groups -OCH3 is 1. The van der Waals surface area contributed by atoms with Gasteiger partial charge in [-0.3, -0.25) is 14.3 Å². The van der Waals surface area contributed by atoms with Crippen LogP contribution in [0.4, 0.5) is 0 Å². The summed E-state index contributed by atoms with van der Waals surface area (Å²) in [5.41, 5.74) is -1.06. The number of aromatic nitrogens is 2. The number of nitrogens with one attached hydrogen (secondary N) is 1. The summed E-state index contributed by atoms with van der Waals surface area (Å²) >= 11 is 0. The van der Waals surface area contributed by atoms with E-state index < -0.39 is 35.8 Å². The lowest BCUT2D eigenvalue weighted by Crippen LogP contribution is -2.38. The van der Waals surface area contributed by atoms with Crippen molar-refractivity contribution in [2.24, 2.45) is 5.92 Å². The number of hydrogen-bond acceptors (Lipinski definition) is 5. The van der Waals surface area contributed by atoms with E-state index in [1.165, 1.54) is 23.9 Å². The Hall–Kier alpha value is -1.44. The third-order valence-corrected chi connectivity index (χ3v) is 3.41. The number of ether oxygens (including phenoxy) is 2. The lowest BCUT2D eigenvalue weighted by atomic mass is 10.0.